The first-order valence-electron chi connectivity index (χ1n) is 3.71. The molecule has 1 aliphatic heterocycles. The predicted molar refractivity (Wildman–Crippen MR) is 43.6 cm³/mol. The summed E-state index contributed by atoms with van der Waals surface area (Å²) in [5.41, 5.74) is 5.62. The summed E-state index contributed by atoms with van der Waals surface area (Å²) in [6.07, 6.45) is 3.05. The monoisotopic (exact) mass is 178 g/mol. The molecule has 0 spiro atoms. The second-order valence-electron chi connectivity index (χ2n) is 3.02. The highest BCUT2D eigenvalue weighted by Gasteiger charge is 2.23. The molecule has 2 N–H and O–H groups in total. The van der Waals surface area contributed by atoms with E-state index in [1.807, 2.05) is 0 Å². The molecule has 0 amide bonds. The van der Waals surface area contributed by atoms with Gasteiger partial charge in [0, 0.05) is 19.1 Å². The summed E-state index contributed by atoms with van der Waals surface area (Å²) in [7, 11) is -3.01. The number of hydrogen-bond acceptors (Lipinski definition) is 3. The van der Waals surface area contributed by atoms with Crippen LogP contribution in [0.5, 0.6) is 0 Å². The van der Waals surface area contributed by atoms with E-state index in [9.17, 15) is 8.42 Å². The minimum absolute atomic E-state index is 0.0264. The van der Waals surface area contributed by atoms with Crippen LogP contribution < -0.4 is 5.73 Å². The van der Waals surface area contributed by atoms with Gasteiger partial charge in [-0.1, -0.05) is 0 Å². The lowest BCUT2D eigenvalue weighted by Gasteiger charge is -2.28. The molecule has 1 saturated heterocycles. The zero-order valence-corrected chi connectivity index (χ0v) is 7.47. The van der Waals surface area contributed by atoms with E-state index in [0.717, 1.165) is 12.8 Å². The molecular formula is C6H14N2O2S. The Bertz CT molecular complexity index is 225. The van der Waals surface area contributed by atoms with Crippen molar-refractivity contribution in [3.63, 3.8) is 0 Å². The van der Waals surface area contributed by atoms with Crippen molar-refractivity contribution in [1.82, 2.24) is 4.31 Å². The Balaban J connectivity index is 2.60. The summed E-state index contributed by atoms with van der Waals surface area (Å²) in [5, 5.41) is 0. The molecule has 0 aromatic heterocycles. The van der Waals surface area contributed by atoms with Crippen LogP contribution >= 0.6 is 0 Å². The summed E-state index contributed by atoms with van der Waals surface area (Å²) in [4.78, 5) is 0. The van der Waals surface area contributed by atoms with E-state index in [1.54, 1.807) is 0 Å². The first kappa shape index (κ1) is 8.96. The van der Waals surface area contributed by atoms with Crippen molar-refractivity contribution in [2.24, 2.45) is 5.73 Å². The topological polar surface area (TPSA) is 63.4 Å². The third-order valence-corrected chi connectivity index (χ3v) is 3.16. The van der Waals surface area contributed by atoms with Gasteiger partial charge in [-0.2, -0.15) is 0 Å². The molecule has 0 saturated carbocycles. The maximum absolute atomic E-state index is 11.0. The van der Waals surface area contributed by atoms with Crippen molar-refractivity contribution >= 4 is 10.0 Å². The maximum atomic E-state index is 11.0. The van der Waals surface area contributed by atoms with Crippen LogP contribution in [-0.2, 0) is 10.0 Å². The Labute approximate surface area is 67.4 Å². The molecule has 0 bridgehead atoms. The molecule has 1 aliphatic rings. The second-order valence-corrected chi connectivity index (χ2v) is 5.01. The number of rotatable bonds is 1. The summed E-state index contributed by atoms with van der Waals surface area (Å²) >= 11 is 0. The van der Waals surface area contributed by atoms with Crippen molar-refractivity contribution < 1.29 is 8.42 Å². The van der Waals surface area contributed by atoms with E-state index in [0.29, 0.717) is 13.1 Å². The van der Waals surface area contributed by atoms with Crippen molar-refractivity contribution in [2.45, 2.75) is 18.9 Å². The lowest BCUT2D eigenvalue weighted by atomic mass is 10.1. The average Bonchev–Trinajstić information content (AvgIpc) is 1.86. The van der Waals surface area contributed by atoms with E-state index in [4.69, 9.17) is 5.73 Å². The maximum Gasteiger partial charge on any atom is 0.211 e. The smallest absolute Gasteiger partial charge is 0.211 e. The third kappa shape index (κ3) is 2.43. The van der Waals surface area contributed by atoms with Crippen LogP contribution in [0, 0.1) is 0 Å². The molecule has 1 atom stereocenters. The second kappa shape index (κ2) is 3.08. The first-order valence-corrected chi connectivity index (χ1v) is 5.55. The number of piperidine rings is 1. The lowest BCUT2D eigenvalue weighted by Crippen LogP contribution is -2.45. The molecule has 1 rings (SSSR count). The van der Waals surface area contributed by atoms with Crippen molar-refractivity contribution in [1.29, 1.82) is 0 Å². The zero-order valence-electron chi connectivity index (χ0n) is 6.66. The number of sulfonamides is 1. The largest absolute Gasteiger partial charge is 0.327 e. The van der Waals surface area contributed by atoms with Gasteiger partial charge in [0.1, 0.15) is 0 Å². The Hall–Kier alpha value is -0.130. The molecule has 1 fully saturated rings. The Morgan fingerprint density at radius 1 is 1.55 bits per heavy atom. The van der Waals surface area contributed by atoms with Crippen LogP contribution in [-0.4, -0.2) is 38.1 Å². The average molecular weight is 178 g/mol. The van der Waals surface area contributed by atoms with Gasteiger partial charge in [0.05, 0.1) is 6.26 Å². The van der Waals surface area contributed by atoms with E-state index in [-0.39, 0.29) is 6.04 Å². The molecule has 5 heteroatoms. The van der Waals surface area contributed by atoms with E-state index in [1.165, 1.54) is 10.6 Å². The molecule has 0 aliphatic carbocycles. The summed E-state index contributed by atoms with van der Waals surface area (Å²) in [5.74, 6) is 0. The standard InChI is InChI=1S/C6H14N2O2S/c1-11(9,10)8-4-2-3-6(7)5-8/h6H,2-5,7H2,1H3/t6-/m1/s1. The molecule has 11 heavy (non-hydrogen) atoms. The van der Waals surface area contributed by atoms with Crippen molar-refractivity contribution in [3.05, 3.63) is 0 Å². The van der Waals surface area contributed by atoms with Gasteiger partial charge in [-0.15, -0.1) is 0 Å². The predicted octanol–water partition coefficient (Wildman–Crippen LogP) is -0.631. The number of nitrogens with zero attached hydrogens (tertiary/aromatic N) is 1. The molecule has 0 unspecified atom stereocenters. The highest BCUT2D eigenvalue weighted by molar-refractivity contribution is 7.88. The summed E-state index contributed by atoms with van der Waals surface area (Å²) < 4.78 is 23.5. The minimum atomic E-state index is -3.01. The molecule has 0 aromatic carbocycles. The fourth-order valence-corrected chi connectivity index (χ4v) is 2.20. The van der Waals surface area contributed by atoms with Crippen LogP contribution in [0.25, 0.3) is 0 Å². The van der Waals surface area contributed by atoms with Crippen LogP contribution in [0.3, 0.4) is 0 Å². The van der Waals surface area contributed by atoms with E-state index in [2.05, 4.69) is 0 Å². The molecular weight excluding hydrogens is 164 g/mol. The van der Waals surface area contributed by atoms with Gasteiger partial charge < -0.3 is 5.73 Å². The van der Waals surface area contributed by atoms with Gasteiger partial charge in [-0.3, -0.25) is 0 Å². The van der Waals surface area contributed by atoms with Crippen LogP contribution in [0.1, 0.15) is 12.8 Å². The SMILES string of the molecule is CS(=O)(=O)N1CCC[C@@H](N)C1. The van der Waals surface area contributed by atoms with E-state index >= 15 is 0 Å². The molecule has 66 valence electrons. The third-order valence-electron chi connectivity index (χ3n) is 1.89. The van der Waals surface area contributed by atoms with Crippen molar-refractivity contribution in [3.8, 4) is 0 Å². The lowest BCUT2D eigenvalue weighted by molar-refractivity contribution is 0.318. The summed E-state index contributed by atoms with van der Waals surface area (Å²) in [6.45, 7) is 1.12. The Morgan fingerprint density at radius 2 is 2.18 bits per heavy atom. The highest BCUT2D eigenvalue weighted by Crippen LogP contribution is 2.10. The van der Waals surface area contributed by atoms with Crippen molar-refractivity contribution in [2.75, 3.05) is 19.3 Å². The zero-order chi connectivity index (χ0) is 8.48. The van der Waals surface area contributed by atoms with Gasteiger partial charge in [-0.25, -0.2) is 12.7 Å². The minimum Gasteiger partial charge on any atom is -0.327 e. The fraction of sp³-hybridized carbons (Fsp3) is 1.00. The van der Waals surface area contributed by atoms with Gasteiger partial charge in [0.15, 0.2) is 0 Å². The molecule has 4 nitrogen and oxygen atoms in total. The number of hydrogen-bond donors (Lipinski definition) is 1. The van der Waals surface area contributed by atoms with Gasteiger partial charge in [0.2, 0.25) is 10.0 Å². The Kier molecular flexibility index (Phi) is 2.51. The first-order chi connectivity index (χ1) is 5.00. The van der Waals surface area contributed by atoms with Crippen LogP contribution in [0.2, 0.25) is 0 Å². The molecule has 0 radical (unpaired) electrons. The Morgan fingerprint density at radius 3 is 2.55 bits per heavy atom. The number of nitrogens with two attached hydrogens (primary N) is 1. The van der Waals surface area contributed by atoms with Crippen LogP contribution in [0.4, 0.5) is 0 Å². The van der Waals surface area contributed by atoms with E-state index < -0.39 is 10.0 Å². The van der Waals surface area contributed by atoms with Gasteiger partial charge in [0.25, 0.3) is 0 Å². The van der Waals surface area contributed by atoms with Gasteiger partial charge in [-0.05, 0) is 12.8 Å². The van der Waals surface area contributed by atoms with Gasteiger partial charge >= 0.3 is 0 Å². The van der Waals surface area contributed by atoms with Crippen LogP contribution in [0.15, 0.2) is 0 Å². The fourth-order valence-electron chi connectivity index (χ4n) is 1.28. The summed E-state index contributed by atoms with van der Waals surface area (Å²) in [6, 6.07) is 0.0264. The normalized spacial score (nSPS) is 28.7. The highest BCUT2D eigenvalue weighted by atomic mass is 32.2. The quantitative estimate of drug-likeness (QED) is 0.581. The molecule has 0 aromatic rings. The molecule has 1 heterocycles.